The van der Waals surface area contributed by atoms with Crippen molar-refractivity contribution in [2.24, 2.45) is 0 Å². The van der Waals surface area contributed by atoms with Gasteiger partial charge in [-0.3, -0.25) is 4.57 Å². The number of nitrogens with zero attached hydrogens (tertiary/aromatic N) is 3. The van der Waals surface area contributed by atoms with Gasteiger partial charge in [0, 0.05) is 87.3 Å². The van der Waals surface area contributed by atoms with E-state index in [2.05, 4.69) is 557 Å². The van der Waals surface area contributed by atoms with Crippen LogP contribution in [0.15, 0.2) is 434 Å². The van der Waals surface area contributed by atoms with Crippen LogP contribution in [-0.4, -0.2) is 21.3 Å². The fraction of sp³-hybridized carbons (Fsp3) is 0.100. The van der Waals surface area contributed by atoms with Crippen molar-refractivity contribution in [3.05, 3.63) is 511 Å². The van der Waals surface area contributed by atoms with Crippen molar-refractivity contribution in [1.82, 2.24) is 0 Å². The third kappa shape index (κ3) is 34.4. The van der Waals surface area contributed by atoms with E-state index in [9.17, 15) is 4.57 Å². The van der Waals surface area contributed by atoms with Crippen molar-refractivity contribution < 1.29 is 13.6 Å². The highest BCUT2D eigenvalue weighted by Crippen LogP contribution is 2.51. The average molecular weight is 2320 g/mol. The van der Waals surface area contributed by atoms with Gasteiger partial charge in [0.1, 0.15) is 8.07 Å². The molecule has 0 fully saturated rings. The fourth-order valence-corrected chi connectivity index (χ4v) is 20.1. The largest absolute Gasteiger partial charge is 0.335 e. The molecule has 0 saturated carbocycles. The van der Waals surface area contributed by atoms with E-state index in [1.807, 2.05) is 98.8 Å². The standard InChI is InChI=1S/C34H35NSi.C28H21N.C26H20BrN.C14H10BrI.C11H16IO3P.C7H6BrI/c1-4-36(5-2,6-3)28-27-31-21-19-29(20-22-31)17-18-30-23-25-34(26-24-30)35(32-13-9-7-10-14-32)33-15-11-8-12-16-33;1-2-23-13-15-24(16-14-23)17-18-25-19-21-28(22-20-25)29(26-9-5-3-6-10-26)27-11-7-4-8-12-27;27-23-17-13-21(14-18-23)11-12-22-15-19-26(20-16-22)28(24-7-3-1-4-8-24)25-9-5-2-6-10-25;15-13-7-3-11(4-8-13)1-2-12-5-9-14(16)10-6-12;1-3-14-16(13,15-4-2)9-10-5-7-11(12)8-6-10;8-5-6-1-3-7(9)4-2-6/h7-26H,4-6H2,1-3H3;1,3-22H;1-20H;1-10H;5-8H,3-4,9H2,1-2H3;1-4H,5H2/b2*18-17+;12-11+;2-1+;;. The van der Waals surface area contributed by atoms with Crippen molar-refractivity contribution in [1.29, 1.82) is 0 Å². The monoisotopic (exact) mass is 2320 g/mol. The molecule has 0 saturated heterocycles. The summed E-state index contributed by atoms with van der Waals surface area (Å²) in [5.41, 5.74) is 27.7. The number of anilines is 9. The first-order valence-corrected chi connectivity index (χ1v) is 54.9. The van der Waals surface area contributed by atoms with E-state index < -0.39 is 15.7 Å². The Morgan fingerprint density at radius 1 is 0.299 bits per heavy atom. The molecule has 0 amide bonds. The normalized spacial score (nSPS) is 10.9. The van der Waals surface area contributed by atoms with E-state index in [4.69, 9.17) is 15.5 Å². The zero-order valence-electron chi connectivity index (χ0n) is 75.8. The average Bonchev–Trinajstić information content (AvgIpc) is 0.817. The number of terminal acetylenes is 1. The van der Waals surface area contributed by atoms with Crippen LogP contribution in [0.5, 0.6) is 0 Å². The highest BCUT2D eigenvalue weighted by Gasteiger charge is 2.25. The molecule has 0 aliphatic heterocycles. The lowest BCUT2D eigenvalue weighted by Gasteiger charge is -2.25. The van der Waals surface area contributed by atoms with Crippen LogP contribution in [0.2, 0.25) is 18.1 Å². The number of hydrogen-bond donors (Lipinski definition) is 0. The Labute approximate surface area is 862 Å². The van der Waals surface area contributed by atoms with Crippen molar-refractivity contribution in [2.45, 2.75) is 64.2 Å². The van der Waals surface area contributed by atoms with Crippen LogP contribution in [0, 0.1) is 34.5 Å². The van der Waals surface area contributed by atoms with Gasteiger partial charge in [0.25, 0.3) is 0 Å². The van der Waals surface area contributed by atoms with E-state index in [1.165, 1.54) is 64.2 Å². The van der Waals surface area contributed by atoms with Crippen LogP contribution < -0.4 is 14.7 Å². The Hall–Kier alpha value is -11.0. The van der Waals surface area contributed by atoms with Crippen molar-refractivity contribution >= 4 is 231 Å². The zero-order valence-corrected chi connectivity index (χ0v) is 89.0. The summed E-state index contributed by atoms with van der Waals surface area (Å²) in [6, 6.07) is 150. The molecule has 14 heteroatoms. The van der Waals surface area contributed by atoms with Gasteiger partial charge in [-0.25, -0.2) is 0 Å². The Morgan fingerprint density at radius 2 is 0.515 bits per heavy atom. The van der Waals surface area contributed by atoms with Crippen LogP contribution in [0.4, 0.5) is 51.2 Å². The van der Waals surface area contributed by atoms with Crippen molar-refractivity contribution in [2.75, 3.05) is 27.9 Å². The molecule has 6 nitrogen and oxygen atoms in total. The molecular formula is C120H108Br3I3N3O3PSi. The third-order valence-corrected chi connectivity index (χ3v) is 32.2. The minimum absolute atomic E-state index is 0.339. The summed E-state index contributed by atoms with van der Waals surface area (Å²) < 4.78 is 28.6. The Kier molecular flexibility index (Phi) is 43.5. The third-order valence-electron chi connectivity index (χ3n) is 21.5. The van der Waals surface area contributed by atoms with E-state index in [-0.39, 0.29) is 0 Å². The van der Waals surface area contributed by atoms with Gasteiger partial charge in [-0.15, -0.1) is 12.0 Å². The predicted octanol–water partition coefficient (Wildman–Crippen LogP) is 37.6. The molecule has 134 heavy (non-hydrogen) atoms. The molecule has 672 valence electrons. The maximum atomic E-state index is 12.2. The number of benzene rings is 16. The number of alkyl halides is 1. The van der Waals surface area contributed by atoms with Gasteiger partial charge in [0.05, 0.1) is 19.4 Å². The number of para-hydroxylation sites is 6. The lowest BCUT2D eigenvalue weighted by molar-refractivity contribution is 0.219. The van der Waals surface area contributed by atoms with Gasteiger partial charge in [-0.05, 0) is 350 Å². The molecular weight excluding hydrogens is 2210 g/mol. The molecule has 0 atom stereocenters. The number of rotatable bonds is 27. The molecule has 0 aromatic heterocycles. The maximum Gasteiger partial charge on any atom is 0.335 e. The van der Waals surface area contributed by atoms with Crippen LogP contribution in [-0.2, 0) is 25.1 Å². The van der Waals surface area contributed by atoms with Crippen LogP contribution in [0.25, 0.3) is 48.6 Å². The molecule has 0 aliphatic carbocycles. The van der Waals surface area contributed by atoms with Crippen LogP contribution in [0.1, 0.15) is 101 Å². The molecule has 16 aromatic rings. The van der Waals surface area contributed by atoms with Gasteiger partial charge in [0.2, 0.25) is 0 Å². The predicted molar refractivity (Wildman–Crippen MR) is 617 cm³/mol. The molecule has 0 radical (unpaired) electrons. The lowest BCUT2D eigenvalue weighted by Crippen LogP contribution is -2.29. The van der Waals surface area contributed by atoms with Gasteiger partial charge in [0.15, 0.2) is 0 Å². The molecule has 0 spiro atoms. The SMILES string of the molecule is BrCc1ccc(I)cc1.Brc1ccc(/C=C/c2ccc(I)cc2)cc1.Brc1ccc(/C=C/c2ccc(N(c3ccccc3)c3ccccc3)cc2)cc1.C#Cc1ccc(/C=C/c2ccc(N(c3ccccc3)c3ccccc3)cc2)cc1.CCOP(=O)(Cc1ccc(I)cc1)OCC.CC[Si](C#Cc1ccc(/C=C/c2ccc(N(c3ccccc3)c3ccccc3)cc2)cc1)(CC)CC. The van der Waals surface area contributed by atoms with Gasteiger partial charge in [-0.1, -0.05) is 360 Å². The molecule has 16 aromatic carbocycles. The molecule has 0 unspecified atom stereocenters. The second-order valence-corrected chi connectivity index (χ2v) is 43.9. The van der Waals surface area contributed by atoms with E-state index in [1.54, 1.807) is 0 Å². The number of halogens is 6. The van der Waals surface area contributed by atoms with Crippen LogP contribution in [0.3, 0.4) is 0 Å². The smallest absolute Gasteiger partial charge is 0.311 e. The van der Waals surface area contributed by atoms with E-state index >= 15 is 0 Å². The first kappa shape index (κ1) is 103. The quantitative estimate of drug-likeness (QED) is 0.0128. The number of hydrogen-bond acceptors (Lipinski definition) is 6. The summed E-state index contributed by atoms with van der Waals surface area (Å²) in [7, 11) is -4.37. The summed E-state index contributed by atoms with van der Waals surface area (Å²) >= 11 is 17.1. The molecule has 16 rings (SSSR count). The summed E-state index contributed by atoms with van der Waals surface area (Å²) in [5.74, 6) is 6.11. The van der Waals surface area contributed by atoms with E-state index in [0.717, 1.165) is 96.8 Å². The van der Waals surface area contributed by atoms with Crippen molar-refractivity contribution in [3.8, 4) is 23.8 Å². The molecule has 0 aliphatic rings. The molecule has 0 heterocycles. The fourth-order valence-electron chi connectivity index (χ4n) is 14.0. The first-order chi connectivity index (χ1) is 65.4. The summed E-state index contributed by atoms with van der Waals surface area (Å²) in [5, 5.41) is 0.948. The van der Waals surface area contributed by atoms with Gasteiger partial charge < -0.3 is 23.7 Å². The first-order valence-electron chi connectivity index (χ1n) is 44.6. The second kappa shape index (κ2) is 56.4. The molecule has 0 N–H and O–H groups in total. The zero-order chi connectivity index (χ0) is 94.4. The van der Waals surface area contributed by atoms with E-state index in [0.29, 0.717) is 19.4 Å². The Morgan fingerprint density at radius 3 is 0.754 bits per heavy atom. The Balaban J connectivity index is 0.000000162. The lowest BCUT2D eigenvalue weighted by atomic mass is 10.1. The van der Waals surface area contributed by atoms with Crippen LogP contribution >= 0.6 is 123 Å². The second-order valence-electron chi connectivity index (χ2n) is 30.8. The highest BCUT2D eigenvalue weighted by atomic mass is 127. The molecule has 0 bridgehead atoms. The summed E-state index contributed by atoms with van der Waals surface area (Å²) in [4.78, 5) is 6.80. The minimum atomic E-state index is -2.96. The van der Waals surface area contributed by atoms with Gasteiger partial charge in [-0.2, -0.15) is 0 Å². The summed E-state index contributed by atoms with van der Waals surface area (Å²) in [6.07, 6.45) is 22.8. The topological polar surface area (TPSA) is 45.3 Å². The maximum absolute atomic E-state index is 12.2. The van der Waals surface area contributed by atoms with Gasteiger partial charge >= 0.3 is 7.60 Å². The Bertz CT molecular complexity index is 6250. The van der Waals surface area contributed by atoms with Crippen molar-refractivity contribution in [3.63, 3.8) is 0 Å². The highest BCUT2D eigenvalue weighted by molar-refractivity contribution is 14.1. The summed E-state index contributed by atoms with van der Waals surface area (Å²) in [6.45, 7) is 11.3. The minimum Gasteiger partial charge on any atom is -0.311 e.